The summed E-state index contributed by atoms with van der Waals surface area (Å²) < 4.78 is 1.71. The van der Waals surface area contributed by atoms with Gasteiger partial charge in [-0.05, 0) is 30.5 Å². The van der Waals surface area contributed by atoms with Gasteiger partial charge in [0.15, 0.2) is 0 Å². The Morgan fingerprint density at radius 2 is 2.10 bits per heavy atom. The van der Waals surface area contributed by atoms with E-state index in [0.29, 0.717) is 18.0 Å². The first-order chi connectivity index (χ1) is 9.58. The van der Waals surface area contributed by atoms with Crippen LogP contribution in [-0.4, -0.2) is 21.7 Å². The summed E-state index contributed by atoms with van der Waals surface area (Å²) in [6, 6.07) is 8.86. The normalized spacial score (nSPS) is 12.4. The summed E-state index contributed by atoms with van der Waals surface area (Å²) in [5.41, 5.74) is 7.43. The molecule has 0 spiro atoms. The quantitative estimate of drug-likeness (QED) is 0.876. The van der Waals surface area contributed by atoms with Crippen LogP contribution in [0.5, 0.6) is 0 Å². The van der Waals surface area contributed by atoms with Crippen molar-refractivity contribution in [3.63, 3.8) is 0 Å². The van der Waals surface area contributed by atoms with Crippen LogP contribution in [0.25, 0.3) is 5.69 Å². The van der Waals surface area contributed by atoms with Crippen LogP contribution >= 0.6 is 0 Å². The number of carbonyl (C=O) groups is 1. The number of hydrogen-bond donors (Lipinski definition) is 2. The molecule has 1 heterocycles. The van der Waals surface area contributed by atoms with Gasteiger partial charge in [-0.15, -0.1) is 0 Å². The van der Waals surface area contributed by atoms with Crippen molar-refractivity contribution in [2.24, 2.45) is 11.7 Å². The highest BCUT2D eigenvalue weighted by Gasteiger charge is 2.16. The Kier molecular flexibility index (Phi) is 4.53. The van der Waals surface area contributed by atoms with E-state index >= 15 is 0 Å². The van der Waals surface area contributed by atoms with Gasteiger partial charge in [0, 0.05) is 12.4 Å². The molecule has 1 aromatic heterocycles. The topological polar surface area (TPSA) is 72.9 Å². The molecule has 1 unspecified atom stereocenters. The molecule has 2 rings (SSSR count). The zero-order chi connectivity index (χ0) is 14.5. The molecular formula is C15H20N4O. The molecular weight excluding hydrogens is 252 g/mol. The van der Waals surface area contributed by atoms with Gasteiger partial charge in [-0.1, -0.05) is 26.0 Å². The van der Waals surface area contributed by atoms with E-state index in [4.69, 9.17) is 5.73 Å². The lowest BCUT2D eigenvalue weighted by Crippen LogP contribution is -2.36. The van der Waals surface area contributed by atoms with Crippen LogP contribution in [0.15, 0.2) is 42.7 Å². The molecule has 1 amide bonds. The van der Waals surface area contributed by atoms with Crippen molar-refractivity contribution >= 4 is 11.6 Å². The maximum absolute atomic E-state index is 12.1. The van der Waals surface area contributed by atoms with Crippen LogP contribution in [0.1, 0.15) is 20.3 Å². The first kappa shape index (κ1) is 14.3. The van der Waals surface area contributed by atoms with Crippen molar-refractivity contribution < 1.29 is 4.79 Å². The molecule has 1 aromatic carbocycles. The van der Waals surface area contributed by atoms with Crippen LogP contribution in [0, 0.1) is 5.92 Å². The molecule has 0 saturated heterocycles. The van der Waals surface area contributed by atoms with Gasteiger partial charge < -0.3 is 11.1 Å². The molecule has 0 aliphatic carbocycles. The second-order valence-electron chi connectivity index (χ2n) is 5.19. The summed E-state index contributed by atoms with van der Waals surface area (Å²) in [4.78, 5) is 12.1. The van der Waals surface area contributed by atoms with Crippen LogP contribution < -0.4 is 11.1 Å². The summed E-state index contributed by atoms with van der Waals surface area (Å²) in [7, 11) is 0. The van der Waals surface area contributed by atoms with Crippen LogP contribution in [-0.2, 0) is 4.79 Å². The first-order valence-electron chi connectivity index (χ1n) is 6.73. The smallest absolute Gasteiger partial charge is 0.241 e. The van der Waals surface area contributed by atoms with Gasteiger partial charge in [-0.25, -0.2) is 4.68 Å². The van der Waals surface area contributed by atoms with Gasteiger partial charge in [-0.3, -0.25) is 4.79 Å². The van der Waals surface area contributed by atoms with Gasteiger partial charge in [0.25, 0.3) is 0 Å². The molecule has 20 heavy (non-hydrogen) atoms. The summed E-state index contributed by atoms with van der Waals surface area (Å²) >= 11 is 0. The van der Waals surface area contributed by atoms with E-state index in [-0.39, 0.29) is 5.91 Å². The average molecular weight is 272 g/mol. The van der Waals surface area contributed by atoms with Crippen molar-refractivity contribution in [2.45, 2.75) is 26.3 Å². The largest absolute Gasteiger partial charge is 0.323 e. The minimum Gasteiger partial charge on any atom is -0.323 e. The molecule has 0 bridgehead atoms. The Morgan fingerprint density at radius 1 is 1.35 bits per heavy atom. The van der Waals surface area contributed by atoms with Crippen LogP contribution in [0.2, 0.25) is 0 Å². The lowest BCUT2D eigenvalue weighted by Gasteiger charge is -2.16. The molecule has 106 valence electrons. The van der Waals surface area contributed by atoms with Gasteiger partial charge in [0.05, 0.1) is 17.4 Å². The van der Waals surface area contributed by atoms with E-state index < -0.39 is 6.04 Å². The Morgan fingerprint density at radius 3 is 2.75 bits per heavy atom. The highest BCUT2D eigenvalue weighted by Crippen LogP contribution is 2.19. The number of amides is 1. The fourth-order valence-corrected chi connectivity index (χ4v) is 2.03. The number of nitrogens with zero attached hydrogens (tertiary/aromatic N) is 2. The minimum atomic E-state index is -0.499. The van der Waals surface area contributed by atoms with Crippen molar-refractivity contribution in [3.8, 4) is 5.69 Å². The highest BCUT2D eigenvalue weighted by molar-refractivity contribution is 5.96. The maximum atomic E-state index is 12.1. The number of hydrogen-bond acceptors (Lipinski definition) is 3. The van der Waals surface area contributed by atoms with Gasteiger partial charge in [-0.2, -0.15) is 5.10 Å². The van der Waals surface area contributed by atoms with Crippen LogP contribution in [0.4, 0.5) is 5.69 Å². The lowest BCUT2D eigenvalue weighted by molar-refractivity contribution is -0.117. The molecule has 1 atom stereocenters. The summed E-state index contributed by atoms with van der Waals surface area (Å²) in [6.45, 7) is 4.09. The molecule has 0 aliphatic rings. The van der Waals surface area contributed by atoms with Crippen LogP contribution in [0.3, 0.4) is 0 Å². The van der Waals surface area contributed by atoms with E-state index in [1.165, 1.54) is 0 Å². The molecule has 3 N–H and O–H groups in total. The standard InChI is InChI=1S/C15H20N4O/c1-11(2)10-12(16)15(20)18-13-6-3-4-7-14(13)19-9-5-8-17-19/h3-9,11-12H,10,16H2,1-2H3,(H,18,20). The second kappa shape index (κ2) is 6.34. The molecule has 0 radical (unpaired) electrons. The van der Waals surface area contributed by atoms with Gasteiger partial charge in [0.2, 0.25) is 5.91 Å². The van der Waals surface area contributed by atoms with Crippen molar-refractivity contribution in [1.29, 1.82) is 0 Å². The van der Waals surface area contributed by atoms with E-state index in [2.05, 4.69) is 10.4 Å². The zero-order valence-electron chi connectivity index (χ0n) is 11.8. The number of carbonyl (C=O) groups excluding carboxylic acids is 1. The maximum Gasteiger partial charge on any atom is 0.241 e. The summed E-state index contributed by atoms with van der Waals surface area (Å²) in [6.07, 6.45) is 4.19. The number of benzene rings is 1. The van der Waals surface area contributed by atoms with E-state index in [1.807, 2.05) is 50.4 Å². The number of anilines is 1. The predicted octanol–water partition coefficient (Wildman–Crippen LogP) is 2.18. The van der Waals surface area contributed by atoms with E-state index in [1.54, 1.807) is 10.9 Å². The summed E-state index contributed by atoms with van der Waals surface area (Å²) in [5, 5.41) is 7.06. The van der Waals surface area contributed by atoms with Crippen molar-refractivity contribution in [3.05, 3.63) is 42.7 Å². The Balaban J connectivity index is 2.16. The van der Waals surface area contributed by atoms with Gasteiger partial charge >= 0.3 is 0 Å². The first-order valence-corrected chi connectivity index (χ1v) is 6.73. The SMILES string of the molecule is CC(C)CC(N)C(=O)Nc1ccccc1-n1cccn1. The number of aromatic nitrogens is 2. The Hall–Kier alpha value is -2.14. The third-order valence-corrected chi connectivity index (χ3v) is 2.98. The van der Waals surface area contributed by atoms with Crippen molar-refractivity contribution in [1.82, 2.24) is 9.78 Å². The molecule has 5 heteroatoms. The minimum absolute atomic E-state index is 0.168. The summed E-state index contributed by atoms with van der Waals surface area (Å²) in [5.74, 6) is 0.218. The average Bonchev–Trinajstić information content (AvgIpc) is 2.92. The number of nitrogens with one attached hydrogen (secondary N) is 1. The molecule has 2 aromatic rings. The lowest BCUT2D eigenvalue weighted by atomic mass is 10.0. The third-order valence-electron chi connectivity index (χ3n) is 2.98. The number of rotatable bonds is 5. The van der Waals surface area contributed by atoms with Crippen molar-refractivity contribution in [2.75, 3.05) is 5.32 Å². The molecule has 0 fully saturated rings. The second-order valence-corrected chi connectivity index (χ2v) is 5.19. The highest BCUT2D eigenvalue weighted by atomic mass is 16.2. The van der Waals surface area contributed by atoms with E-state index in [0.717, 1.165) is 5.69 Å². The number of nitrogens with two attached hydrogens (primary N) is 1. The van der Waals surface area contributed by atoms with E-state index in [9.17, 15) is 4.79 Å². The predicted molar refractivity (Wildman–Crippen MR) is 79.6 cm³/mol. The fraction of sp³-hybridized carbons (Fsp3) is 0.333. The molecule has 0 saturated carbocycles. The monoisotopic (exact) mass is 272 g/mol. The molecule has 5 nitrogen and oxygen atoms in total. The van der Waals surface area contributed by atoms with Gasteiger partial charge in [0.1, 0.15) is 0 Å². The number of para-hydroxylation sites is 2. The zero-order valence-corrected chi connectivity index (χ0v) is 11.8. The Labute approximate surface area is 118 Å². The molecule has 0 aliphatic heterocycles. The Bertz CT molecular complexity index is 563. The third kappa shape index (κ3) is 3.45. The fourth-order valence-electron chi connectivity index (χ4n) is 2.03.